The summed E-state index contributed by atoms with van der Waals surface area (Å²) in [5, 5.41) is 0. The Kier molecular flexibility index (Phi) is 12.1. The summed E-state index contributed by atoms with van der Waals surface area (Å²) >= 11 is 0. The maximum atomic E-state index is 12.6. The van der Waals surface area contributed by atoms with Crippen molar-refractivity contribution in [3.8, 4) is 40.2 Å². The Hall–Kier alpha value is -4.14. The van der Waals surface area contributed by atoms with Crippen LogP contribution in [-0.2, 0) is 15.0 Å². The predicted molar refractivity (Wildman–Crippen MR) is 157 cm³/mol. The Morgan fingerprint density at radius 1 is 0.707 bits per heavy atom. The number of carbonyl (C=O) groups is 2. The van der Waals surface area contributed by atoms with Crippen LogP contribution in [0.4, 0.5) is 0 Å². The van der Waals surface area contributed by atoms with Gasteiger partial charge in [-0.15, -0.1) is 0 Å². The fraction of sp³-hybridized carbons (Fsp3) is 0.438. The zero-order valence-corrected chi connectivity index (χ0v) is 25.4. The second kappa shape index (κ2) is 15.0. The monoisotopic (exact) mass is 570 g/mol. The number of benzene rings is 2. The molecule has 0 saturated heterocycles. The summed E-state index contributed by atoms with van der Waals surface area (Å²) in [5.41, 5.74) is 0.801. The van der Waals surface area contributed by atoms with Crippen molar-refractivity contribution in [3.63, 3.8) is 0 Å². The third-order valence-electron chi connectivity index (χ3n) is 5.95. The number of carbonyl (C=O) groups excluding carboxylic acids is 2. The van der Waals surface area contributed by atoms with Gasteiger partial charge in [0.2, 0.25) is 17.2 Å². The van der Waals surface area contributed by atoms with E-state index in [0.29, 0.717) is 49.2 Å². The van der Waals surface area contributed by atoms with E-state index in [9.17, 15) is 9.59 Å². The molecule has 0 aromatic heterocycles. The van der Waals surface area contributed by atoms with Gasteiger partial charge in [-0.05, 0) is 53.7 Å². The van der Waals surface area contributed by atoms with Gasteiger partial charge in [0.25, 0.3) is 0 Å². The molecule has 0 aliphatic rings. The average molecular weight is 571 g/mol. The largest absolute Gasteiger partial charge is 0.490 e. The Morgan fingerprint density at radius 2 is 1.22 bits per heavy atom. The molecule has 0 spiro atoms. The molecule has 9 heteroatoms. The highest BCUT2D eigenvalue weighted by Gasteiger charge is 2.37. The minimum atomic E-state index is -0.823. The molecule has 9 nitrogen and oxygen atoms in total. The standard InChI is InChI=1S/C32H42O9/c1-11-25(33)40-23-18-17-21(26(36-13-3)28(23)38-15-5)32(9,10)22-19-24(35-12-2)29(41-31(34)20(7)8)30(39-16-6)27(22)37-14-4/h11,17-19H,1,7,12-16H2,2-6,8-10H3. The van der Waals surface area contributed by atoms with Crippen LogP contribution in [0.3, 0.4) is 0 Å². The van der Waals surface area contributed by atoms with Crippen molar-refractivity contribution in [1.29, 1.82) is 0 Å². The number of rotatable bonds is 16. The number of hydrogen-bond donors (Lipinski definition) is 0. The Balaban J connectivity index is 2.98. The maximum Gasteiger partial charge on any atom is 0.338 e. The Bertz CT molecular complexity index is 1260. The van der Waals surface area contributed by atoms with Crippen molar-refractivity contribution in [1.82, 2.24) is 0 Å². The van der Waals surface area contributed by atoms with Crippen LogP contribution in [0.15, 0.2) is 43.0 Å². The first-order chi connectivity index (χ1) is 19.5. The minimum Gasteiger partial charge on any atom is -0.490 e. The van der Waals surface area contributed by atoms with Gasteiger partial charge in [0.1, 0.15) is 0 Å². The second-order valence-corrected chi connectivity index (χ2v) is 9.26. The Labute approximate surface area is 243 Å². The maximum absolute atomic E-state index is 12.6. The molecule has 0 bridgehead atoms. The second-order valence-electron chi connectivity index (χ2n) is 9.26. The molecule has 2 rings (SSSR count). The van der Waals surface area contributed by atoms with Gasteiger partial charge in [0.05, 0.1) is 33.0 Å². The topological polar surface area (TPSA) is 98.8 Å². The molecule has 224 valence electrons. The van der Waals surface area contributed by atoms with E-state index >= 15 is 0 Å². The lowest BCUT2D eigenvalue weighted by molar-refractivity contribution is -0.130. The highest BCUT2D eigenvalue weighted by molar-refractivity contribution is 5.90. The smallest absolute Gasteiger partial charge is 0.338 e. The summed E-state index contributed by atoms with van der Waals surface area (Å²) in [5.74, 6) is 0.685. The van der Waals surface area contributed by atoms with Gasteiger partial charge < -0.3 is 33.2 Å². The van der Waals surface area contributed by atoms with Gasteiger partial charge in [0.15, 0.2) is 23.0 Å². The molecule has 0 aliphatic heterocycles. The lowest BCUT2D eigenvalue weighted by Crippen LogP contribution is -2.23. The SMILES string of the molecule is C=CC(=O)Oc1ccc(C(C)(C)c2cc(OCC)c(OC(=O)C(=C)C)c(OCC)c2OCC)c(OCC)c1OCC. The lowest BCUT2D eigenvalue weighted by atomic mass is 9.76. The van der Waals surface area contributed by atoms with Crippen LogP contribution in [0.25, 0.3) is 0 Å². The molecule has 0 radical (unpaired) electrons. The molecule has 2 aromatic rings. The van der Waals surface area contributed by atoms with E-state index in [-0.39, 0.29) is 35.2 Å². The molecular weight excluding hydrogens is 528 g/mol. The van der Waals surface area contributed by atoms with Crippen LogP contribution < -0.4 is 33.2 Å². The van der Waals surface area contributed by atoms with Crippen molar-refractivity contribution >= 4 is 11.9 Å². The van der Waals surface area contributed by atoms with Crippen molar-refractivity contribution in [2.75, 3.05) is 33.0 Å². The Morgan fingerprint density at radius 3 is 1.73 bits per heavy atom. The number of hydrogen-bond acceptors (Lipinski definition) is 9. The van der Waals surface area contributed by atoms with Gasteiger partial charge >= 0.3 is 11.9 Å². The van der Waals surface area contributed by atoms with Gasteiger partial charge in [0, 0.05) is 28.2 Å². The summed E-state index contributed by atoms with van der Waals surface area (Å²) in [7, 11) is 0. The van der Waals surface area contributed by atoms with E-state index < -0.39 is 17.4 Å². The van der Waals surface area contributed by atoms with Crippen LogP contribution in [0, 0.1) is 0 Å². The zero-order valence-electron chi connectivity index (χ0n) is 25.4. The quantitative estimate of drug-likeness (QED) is 0.126. The molecule has 0 N–H and O–H groups in total. The summed E-state index contributed by atoms with van der Waals surface area (Å²) in [6, 6.07) is 5.24. The number of esters is 2. The summed E-state index contributed by atoms with van der Waals surface area (Å²) in [6.45, 7) is 23.4. The van der Waals surface area contributed by atoms with E-state index in [1.54, 1.807) is 19.1 Å². The third kappa shape index (κ3) is 7.54. The van der Waals surface area contributed by atoms with Crippen LogP contribution in [0.1, 0.15) is 66.5 Å². The molecular formula is C32H42O9. The van der Waals surface area contributed by atoms with Crippen LogP contribution in [-0.4, -0.2) is 45.0 Å². The summed E-state index contributed by atoms with van der Waals surface area (Å²) in [4.78, 5) is 24.7. The van der Waals surface area contributed by atoms with E-state index in [4.69, 9.17) is 33.2 Å². The molecule has 0 fully saturated rings. The third-order valence-corrected chi connectivity index (χ3v) is 5.95. The van der Waals surface area contributed by atoms with Gasteiger partial charge in [-0.2, -0.15) is 0 Å². The van der Waals surface area contributed by atoms with E-state index in [0.717, 1.165) is 11.6 Å². The van der Waals surface area contributed by atoms with Crippen LogP contribution in [0.5, 0.6) is 40.2 Å². The van der Waals surface area contributed by atoms with Crippen LogP contribution in [0.2, 0.25) is 0 Å². The van der Waals surface area contributed by atoms with Gasteiger partial charge in [-0.1, -0.05) is 33.1 Å². The van der Waals surface area contributed by atoms with Crippen molar-refractivity contribution in [3.05, 3.63) is 54.1 Å². The minimum absolute atomic E-state index is 0.108. The van der Waals surface area contributed by atoms with Crippen LogP contribution >= 0.6 is 0 Å². The first-order valence-electron chi connectivity index (χ1n) is 13.8. The van der Waals surface area contributed by atoms with Crippen molar-refractivity contribution in [2.45, 2.75) is 60.8 Å². The normalized spacial score (nSPS) is 10.8. The molecule has 41 heavy (non-hydrogen) atoms. The van der Waals surface area contributed by atoms with Crippen molar-refractivity contribution in [2.24, 2.45) is 0 Å². The predicted octanol–water partition coefficient (Wildman–Crippen LogP) is 6.58. The molecule has 0 amide bonds. The molecule has 0 atom stereocenters. The first kappa shape index (κ1) is 33.1. The van der Waals surface area contributed by atoms with E-state index in [1.165, 1.54) is 0 Å². The molecule has 2 aromatic carbocycles. The molecule has 0 heterocycles. The first-order valence-corrected chi connectivity index (χ1v) is 13.8. The summed E-state index contributed by atoms with van der Waals surface area (Å²) in [6.07, 6.45) is 1.08. The zero-order chi connectivity index (χ0) is 30.7. The summed E-state index contributed by atoms with van der Waals surface area (Å²) < 4.78 is 41.4. The highest BCUT2D eigenvalue weighted by atomic mass is 16.6. The average Bonchev–Trinajstić information content (AvgIpc) is 2.93. The fourth-order valence-electron chi connectivity index (χ4n) is 4.15. The lowest BCUT2D eigenvalue weighted by Gasteiger charge is -2.32. The molecule has 0 saturated carbocycles. The molecule has 0 aliphatic carbocycles. The molecule has 0 unspecified atom stereocenters. The van der Waals surface area contributed by atoms with Gasteiger partial charge in [-0.25, -0.2) is 9.59 Å². The highest BCUT2D eigenvalue weighted by Crippen LogP contribution is 2.54. The fourth-order valence-corrected chi connectivity index (χ4v) is 4.15. The number of ether oxygens (including phenoxy) is 7. The van der Waals surface area contributed by atoms with Gasteiger partial charge in [-0.3, -0.25) is 0 Å². The van der Waals surface area contributed by atoms with E-state index in [2.05, 4.69) is 13.2 Å². The van der Waals surface area contributed by atoms with E-state index in [1.807, 2.05) is 54.5 Å². The van der Waals surface area contributed by atoms with Crippen molar-refractivity contribution < 1.29 is 42.7 Å².